The summed E-state index contributed by atoms with van der Waals surface area (Å²) in [6, 6.07) is 26.9. The molecule has 4 aromatic carbocycles. The Bertz CT molecular complexity index is 1230. The molecule has 5 aromatic rings. The van der Waals surface area contributed by atoms with Gasteiger partial charge in [0.2, 0.25) is 0 Å². The number of benzene rings is 4. The fourth-order valence-corrected chi connectivity index (χ4v) is 3.54. The summed E-state index contributed by atoms with van der Waals surface area (Å²) in [5.41, 5.74) is 1.39. The van der Waals surface area contributed by atoms with Crippen LogP contribution in [0.2, 0.25) is 0 Å². The van der Waals surface area contributed by atoms with E-state index in [1.54, 1.807) is 0 Å². The Kier molecular flexibility index (Phi) is 4.28. The third-order valence-corrected chi connectivity index (χ3v) is 4.67. The van der Waals surface area contributed by atoms with Crippen LogP contribution in [0.4, 0.5) is 4.39 Å². The molecule has 0 atom stereocenters. The van der Waals surface area contributed by atoms with Gasteiger partial charge < -0.3 is 4.98 Å². The Morgan fingerprint density at radius 3 is 1.88 bits per heavy atom. The van der Waals surface area contributed by atoms with E-state index in [2.05, 4.69) is 59.6 Å². The van der Waals surface area contributed by atoms with Gasteiger partial charge in [-0.2, -0.15) is 0 Å². The third-order valence-electron chi connectivity index (χ3n) is 4.67. The average molecular weight is 515 g/mol. The van der Waals surface area contributed by atoms with Crippen molar-refractivity contribution in [1.29, 1.82) is 0 Å². The van der Waals surface area contributed by atoms with E-state index >= 15 is 0 Å². The van der Waals surface area contributed by atoms with Crippen molar-refractivity contribution < 1.29 is 24.5 Å². The topological polar surface area (TPSA) is 12.9 Å². The van der Waals surface area contributed by atoms with Gasteiger partial charge in [0.15, 0.2) is 0 Å². The molecule has 0 aliphatic rings. The molecular formula is C23H13FIrN-. The van der Waals surface area contributed by atoms with Gasteiger partial charge in [-0.3, -0.25) is 0 Å². The SMILES string of the molecule is Fc1ccnc(-c2[c-]cc3c4ccccc4c4ccccc4c3c2)c1.[Ir]. The fourth-order valence-electron chi connectivity index (χ4n) is 3.54. The monoisotopic (exact) mass is 515 g/mol. The van der Waals surface area contributed by atoms with Crippen molar-refractivity contribution in [1.82, 2.24) is 4.98 Å². The molecule has 0 saturated carbocycles. The van der Waals surface area contributed by atoms with Gasteiger partial charge in [-0.05, 0) is 34.0 Å². The molecule has 3 heteroatoms. The third kappa shape index (κ3) is 2.61. The van der Waals surface area contributed by atoms with Gasteiger partial charge in [-0.25, -0.2) is 4.39 Å². The van der Waals surface area contributed by atoms with Crippen molar-refractivity contribution in [2.45, 2.75) is 0 Å². The molecule has 0 unspecified atom stereocenters. The van der Waals surface area contributed by atoms with E-state index < -0.39 is 0 Å². The van der Waals surface area contributed by atoms with Crippen molar-refractivity contribution in [3.63, 3.8) is 0 Å². The second kappa shape index (κ2) is 6.60. The second-order valence-electron chi connectivity index (χ2n) is 6.12. The minimum atomic E-state index is -0.290. The smallest absolute Gasteiger partial charge is 0.117 e. The van der Waals surface area contributed by atoms with E-state index in [0.29, 0.717) is 5.69 Å². The summed E-state index contributed by atoms with van der Waals surface area (Å²) < 4.78 is 13.6. The molecular weight excluding hydrogens is 501 g/mol. The summed E-state index contributed by atoms with van der Waals surface area (Å²) in [5, 5.41) is 7.11. The predicted octanol–water partition coefficient (Wildman–Crippen LogP) is 6.14. The number of hydrogen-bond acceptors (Lipinski definition) is 1. The first kappa shape index (κ1) is 16.8. The van der Waals surface area contributed by atoms with Crippen LogP contribution in [-0.4, -0.2) is 4.98 Å². The van der Waals surface area contributed by atoms with Crippen LogP contribution in [0.15, 0.2) is 79.0 Å². The van der Waals surface area contributed by atoms with E-state index in [9.17, 15) is 4.39 Å². The maximum Gasteiger partial charge on any atom is 0.117 e. The quantitative estimate of drug-likeness (QED) is 0.193. The minimum Gasteiger partial charge on any atom is -0.305 e. The predicted molar refractivity (Wildman–Crippen MR) is 101 cm³/mol. The van der Waals surface area contributed by atoms with Crippen molar-refractivity contribution >= 4 is 32.3 Å². The van der Waals surface area contributed by atoms with Crippen LogP contribution < -0.4 is 0 Å². The van der Waals surface area contributed by atoms with Gasteiger partial charge in [0.1, 0.15) is 5.82 Å². The van der Waals surface area contributed by atoms with Crippen LogP contribution in [0.1, 0.15) is 0 Å². The molecule has 0 bridgehead atoms. The molecule has 1 nitrogen and oxygen atoms in total. The Morgan fingerprint density at radius 2 is 1.27 bits per heavy atom. The number of halogens is 1. The van der Waals surface area contributed by atoms with Gasteiger partial charge in [0.05, 0.1) is 0 Å². The number of pyridine rings is 1. The van der Waals surface area contributed by atoms with Crippen molar-refractivity contribution in [3.8, 4) is 11.3 Å². The van der Waals surface area contributed by atoms with Crippen LogP contribution in [0.25, 0.3) is 43.6 Å². The molecule has 0 aliphatic heterocycles. The number of nitrogens with zero attached hydrogens (tertiary/aromatic N) is 1. The number of aromatic nitrogens is 1. The van der Waals surface area contributed by atoms with E-state index in [0.717, 1.165) is 16.3 Å². The largest absolute Gasteiger partial charge is 0.305 e. The molecule has 0 aliphatic carbocycles. The molecule has 0 saturated heterocycles. The molecule has 127 valence electrons. The normalized spacial score (nSPS) is 11.0. The van der Waals surface area contributed by atoms with E-state index in [1.165, 1.54) is 39.9 Å². The zero-order valence-corrected chi connectivity index (χ0v) is 16.1. The van der Waals surface area contributed by atoms with E-state index in [4.69, 9.17) is 0 Å². The number of hydrogen-bond donors (Lipinski definition) is 0. The zero-order valence-electron chi connectivity index (χ0n) is 13.7. The Hall–Kier alpha value is -2.61. The molecule has 0 N–H and O–H groups in total. The summed E-state index contributed by atoms with van der Waals surface area (Å²) in [7, 11) is 0. The first-order chi connectivity index (χ1) is 12.3. The molecule has 1 radical (unpaired) electrons. The number of rotatable bonds is 1. The summed E-state index contributed by atoms with van der Waals surface area (Å²) >= 11 is 0. The van der Waals surface area contributed by atoms with Crippen LogP contribution in [0.5, 0.6) is 0 Å². The molecule has 26 heavy (non-hydrogen) atoms. The van der Waals surface area contributed by atoms with Crippen LogP contribution in [0, 0.1) is 11.9 Å². The fraction of sp³-hybridized carbons (Fsp3) is 0. The summed E-state index contributed by atoms with van der Waals surface area (Å²) in [6.45, 7) is 0. The summed E-state index contributed by atoms with van der Waals surface area (Å²) in [5.74, 6) is -0.290. The first-order valence-electron chi connectivity index (χ1n) is 8.18. The number of fused-ring (bicyclic) bond motifs is 6. The Morgan fingerprint density at radius 1 is 0.692 bits per heavy atom. The van der Waals surface area contributed by atoms with Gasteiger partial charge in [0, 0.05) is 26.3 Å². The van der Waals surface area contributed by atoms with E-state index in [1.807, 2.05) is 12.1 Å². The van der Waals surface area contributed by atoms with Gasteiger partial charge in [-0.15, -0.1) is 23.8 Å². The first-order valence-corrected chi connectivity index (χ1v) is 8.18. The Balaban J connectivity index is 0.00000168. The van der Waals surface area contributed by atoms with Crippen molar-refractivity contribution in [2.24, 2.45) is 0 Å². The zero-order chi connectivity index (χ0) is 16.8. The minimum absolute atomic E-state index is 0. The second-order valence-corrected chi connectivity index (χ2v) is 6.12. The maximum atomic E-state index is 13.6. The van der Waals surface area contributed by atoms with Gasteiger partial charge >= 0.3 is 0 Å². The van der Waals surface area contributed by atoms with Crippen molar-refractivity contribution in [2.75, 3.05) is 0 Å². The van der Waals surface area contributed by atoms with Gasteiger partial charge in [-0.1, -0.05) is 64.7 Å². The standard InChI is InChI=1S/C23H13FN.Ir/c24-16-11-12-25-23(14-16)15-9-10-21-19-7-2-1-5-17(19)18-6-3-4-8-20(18)22(21)13-15;/h1-8,10-14H;/q-1;. The van der Waals surface area contributed by atoms with Gasteiger partial charge in [0.25, 0.3) is 0 Å². The van der Waals surface area contributed by atoms with Crippen molar-refractivity contribution in [3.05, 3.63) is 90.9 Å². The van der Waals surface area contributed by atoms with Crippen LogP contribution in [-0.2, 0) is 20.1 Å². The van der Waals surface area contributed by atoms with E-state index in [-0.39, 0.29) is 25.9 Å². The summed E-state index contributed by atoms with van der Waals surface area (Å²) in [6.07, 6.45) is 1.49. The molecule has 1 heterocycles. The molecule has 5 rings (SSSR count). The average Bonchev–Trinajstić information content (AvgIpc) is 2.68. The molecule has 0 fully saturated rings. The summed E-state index contributed by atoms with van der Waals surface area (Å²) in [4.78, 5) is 4.29. The molecule has 0 spiro atoms. The molecule has 1 aromatic heterocycles. The molecule has 0 amide bonds. The Labute approximate surface area is 163 Å². The van der Waals surface area contributed by atoms with Crippen LogP contribution >= 0.6 is 0 Å². The maximum absolute atomic E-state index is 13.6. The van der Waals surface area contributed by atoms with Crippen LogP contribution in [0.3, 0.4) is 0 Å².